The van der Waals surface area contributed by atoms with Gasteiger partial charge in [0, 0.05) is 90.9 Å². The Bertz CT molecular complexity index is 1080. The van der Waals surface area contributed by atoms with Gasteiger partial charge in [-0.15, -0.1) is 0 Å². The molecule has 123 valence electrons. The predicted molar refractivity (Wildman–Crippen MR) is 98.9 cm³/mol. The first-order valence-electron chi connectivity index (χ1n) is 7.85. The van der Waals surface area contributed by atoms with Crippen LogP contribution in [0, 0.1) is 49.4 Å². The molecule has 0 aromatic carbocycles. The monoisotopic (exact) mass is 527 g/mol. The Balaban J connectivity index is 0.000000980. The molecule has 0 saturated heterocycles. The predicted octanol–water partition coefficient (Wildman–Crippen LogP) is 4.65. The Hall–Kier alpha value is -1.19. The fourth-order valence-electron chi connectivity index (χ4n) is 2.94. The molecule has 6 heteroatoms. The normalized spacial score (nSPS) is 11.7. The maximum Gasteiger partial charge on any atom is 0.0659 e. The average molecular weight is 528 g/mol. The van der Waals surface area contributed by atoms with E-state index in [1.54, 1.807) is 0 Å². The molecule has 5 rings (SSSR count). The van der Waals surface area contributed by atoms with Crippen LogP contribution in [0.15, 0.2) is 48.5 Å². The molecule has 1 radical (unpaired) electrons. The van der Waals surface area contributed by atoms with E-state index in [0.717, 1.165) is 44.8 Å². The van der Waals surface area contributed by atoms with Crippen LogP contribution in [0.4, 0.5) is 0 Å². The number of hydrogen-bond donors (Lipinski definition) is 2. The van der Waals surface area contributed by atoms with Gasteiger partial charge < -0.3 is 9.97 Å². The molecule has 2 aliphatic heterocycles. The second-order valence-corrected chi connectivity index (χ2v) is 5.91. The van der Waals surface area contributed by atoms with Crippen molar-refractivity contribution in [2.45, 2.75) is 0 Å². The second kappa shape index (κ2) is 8.22. The Morgan fingerprint density at radius 3 is 1.27 bits per heavy atom. The van der Waals surface area contributed by atoms with Gasteiger partial charge in [-0.25, -0.2) is 9.97 Å². The fourth-order valence-corrected chi connectivity index (χ4v) is 2.94. The van der Waals surface area contributed by atoms with E-state index in [4.69, 9.17) is 0 Å². The number of fused-ring (bicyclic) bond motifs is 8. The summed E-state index contributed by atoms with van der Waals surface area (Å²) in [6.07, 6.45) is 8.05. The van der Waals surface area contributed by atoms with E-state index in [2.05, 4.69) is 50.3 Å². The zero-order valence-electron chi connectivity index (χ0n) is 13.9. The fraction of sp³-hybridized carbons (Fsp3) is 0. The van der Waals surface area contributed by atoms with Gasteiger partial charge in [0.1, 0.15) is 0 Å². The standard InChI is InChI=1S/C20H14N4.Eu.Zn/c1-2-14-10-16-5-6-18(23-16)12-20-8-7-19(24-20)11-17-4-3-15(22-17)9-13(1)21-14;;/h1-12,21-22H;;. The van der Waals surface area contributed by atoms with Gasteiger partial charge in [0.25, 0.3) is 0 Å². The van der Waals surface area contributed by atoms with Crippen molar-refractivity contribution >= 4 is 46.4 Å². The topological polar surface area (TPSA) is 57.4 Å². The second-order valence-electron chi connectivity index (χ2n) is 5.91. The molecule has 0 saturated carbocycles. The van der Waals surface area contributed by atoms with Gasteiger partial charge in [0.05, 0.1) is 22.8 Å². The van der Waals surface area contributed by atoms with E-state index >= 15 is 0 Å². The zero-order valence-corrected chi connectivity index (χ0v) is 19.3. The molecule has 0 spiro atoms. The summed E-state index contributed by atoms with van der Waals surface area (Å²) in [7, 11) is 0. The van der Waals surface area contributed by atoms with Crippen LogP contribution in [-0.2, 0) is 19.5 Å². The minimum atomic E-state index is 0. The average Bonchev–Trinajstić information content (AvgIpc) is 3.32. The summed E-state index contributed by atoms with van der Waals surface area (Å²) in [6, 6.07) is 16.4. The molecule has 8 bridgehead atoms. The van der Waals surface area contributed by atoms with Crippen molar-refractivity contribution in [1.82, 2.24) is 19.9 Å². The number of nitrogens with one attached hydrogen (secondary N) is 2. The van der Waals surface area contributed by atoms with E-state index in [1.165, 1.54) is 0 Å². The molecule has 2 N–H and O–H groups in total. The third-order valence-electron chi connectivity index (χ3n) is 4.04. The van der Waals surface area contributed by atoms with Gasteiger partial charge in [0.15, 0.2) is 0 Å². The summed E-state index contributed by atoms with van der Waals surface area (Å²) < 4.78 is 0. The van der Waals surface area contributed by atoms with E-state index in [-0.39, 0.29) is 68.9 Å². The third kappa shape index (κ3) is 4.20. The van der Waals surface area contributed by atoms with Crippen LogP contribution in [0.5, 0.6) is 0 Å². The number of rotatable bonds is 0. The van der Waals surface area contributed by atoms with E-state index in [9.17, 15) is 0 Å². The summed E-state index contributed by atoms with van der Waals surface area (Å²) in [4.78, 5) is 16.0. The van der Waals surface area contributed by atoms with Gasteiger partial charge in [-0.2, -0.15) is 0 Å². The smallest absolute Gasteiger partial charge is 0.0659 e. The number of aromatic amines is 2. The SMILES string of the molecule is C1=Cc2cc3ccc(cc4ccc(cc5nc(cc1n2)C=C5)[nH]4)[nH]3.[Eu].[Zn]. The molecule has 5 heterocycles. The van der Waals surface area contributed by atoms with Crippen LogP contribution in [0.2, 0.25) is 0 Å². The van der Waals surface area contributed by atoms with E-state index in [1.807, 2.05) is 42.5 Å². The van der Waals surface area contributed by atoms with Crippen LogP contribution in [-0.4, -0.2) is 19.9 Å². The van der Waals surface area contributed by atoms with Crippen molar-refractivity contribution in [3.8, 4) is 0 Å². The summed E-state index contributed by atoms with van der Waals surface area (Å²) >= 11 is 0. The quantitative estimate of drug-likeness (QED) is 0.288. The van der Waals surface area contributed by atoms with Crippen LogP contribution in [0.1, 0.15) is 22.8 Å². The molecular formula is C20H14EuN4Zn. The van der Waals surface area contributed by atoms with Gasteiger partial charge in [0.2, 0.25) is 0 Å². The van der Waals surface area contributed by atoms with Gasteiger partial charge >= 0.3 is 0 Å². The maximum absolute atomic E-state index is 4.62. The Labute approximate surface area is 204 Å². The largest absolute Gasteiger partial charge is 0.355 e. The molecule has 0 fully saturated rings. The van der Waals surface area contributed by atoms with Crippen molar-refractivity contribution in [1.29, 1.82) is 0 Å². The first-order chi connectivity index (χ1) is 11.8. The summed E-state index contributed by atoms with van der Waals surface area (Å²) in [5, 5.41) is 0. The van der Waals surface area contributed by atoms with Gasteiger partial charge in [-0.05, 0) is 72.8 Å². The van der Waals surface area contributed by atoms with Crippen LogP contribution < -0.4 is 0 Å². The molecule has 3 aromatic heterocycles. The maximum atomic E-state index is 4.62. The Morgan fingerprint density at radius 1 is 0.500 bits per heavy atom. The van der Waals surface area contributed by atoms with Crippen LogP contribution >= 0.6 is 0 Å². The number of aromatic nitrogens is 4. The van der Waals surface area contributed by atoms with Gasteiger partial charge in [-0.1, -0.05) is 0 Å². The Kier molecular flexibility index (Phi) is 6.19. The number of hydrogen-bond acceptors (Lipinski definition) is 2. The molecule has 0 aliphatic carbocycles. The van der Waals surface area contributed by atoms with E-state index < -0.39 is 0 Å². The molecule has 3 aromatic rings. The molecule has 2 aliphatic rings. The third-order valence-corrected chi connectivity index (χ3v) is 4.04. The van der Waals surface area contributed by atoms with Gasteiger partial charge in [-0.3, -0.25) is 0 Å². The molecular weight excluding hydrogens is 514 g/mol. The van der Waals surface area contributed by atoms with Crippen molar-refractivity contribution in [3.05, 3.63) is 71.3 Å². The molecule has 26 heavy (non-hydrogen) atoms. The first-order valence-corrected chi connectivity index (χ1v) is 7.85. The van der Waals surface area contributed by atoms with Crippen LogP contribution in [0.25, 0.3) is 46.4 Å². The molecule has 0 unspecified atom stereocenters. The molecule has 0 amide bonds. The summed E-state index contributed by atoms with van der Waals surface area (Å²) in [6.45, 7) is 0. The van der Waals surface area contributed by atoms with Crippen molar-refractivity contribution < 1.29 is 68.9 Å². The minimum Gasteiger partial charge on any atom is -0.355 e. The number of H-pyrrole nitrogens is 2. The minimum absolute atomic E-state index is 0. The van der Waals surface area contributed by atoms with Crippen LogP contribution in [0.3, 0.4) is 0 Å². The van der Waals surface area contributed by atoms with E-state index in [0.29, 0.717) is 0 Å². The van der Waals surface area contributed by atoms with Crippen molar-refractivity contribution in [3.63, 3.8) is 0 Å². The number of nitrogens with zero attached hydrogens (tertiary/aromatic N) is 2. The summed E-state index contributed by atoms with van der Waals surface area (Å²) in [5.74, 6) is 0. The van der Waals surface area contributed by atoms with Crippen molar-refractivity contribution in [2.24, 2.45) is 0 Å². The molecule has 4 nitrogen and oxygen atoms in total. The first kappa shape index (κ1) is 19.6. The molecule has 0 atom stereocenters. The van der Waals surface area contributed by atoms with Crippen molar-refractivity contribution in [2.75, 3.05) is 0 Å². The summed E-state index contributed by atoms with van der Waals surface area (Å²) in [5.41, 5.74) is 7.86. The zero-order chi connectivity index (χ0) is 15.9. The Morgan fingerprint density at radius 2 is 0.846 bits per heavy atom.